The summed E-state index contributed by atoms with van der Waals surface area (Å²) in [6.45, 7) is 3.22. The van der Waals surface area contributed by atoms with Gasteiger partial charge in [0.15, 0.2) is 0 Å². The normalized spacial score (nSPS) is 30.1. The minimum absolute atomic E-state index is 0.442. The van der Waals surface area contributed by atoms with Crippen LogP contribution in [0.15, 0.2) is 29.6 Å². The maximum absolute atomic E-state index is 6.09. The summed E-state index contributed by atoms with van der Waals surface area (Å²) in [6.07, 6.45) is 4.73. The Hall–Kier alpha value is -0.900. The Labute approximate surface area is 124 Å². The first kappa shape index (κ1) is 12.8. The average molecular weight is 287 g/mol. The Morgan fingerprint density at radius 1 is 1.35 bits per heavy atom. The van der Waals surface area contributed by atoms with Gasteiger partial charge in [-0.25, -0.2) is 0 Å². The number of rotatable bonds is 4. The molecule has 0 aliphatic carbocycles. The molecule has 0 spiro atoms. The van der Waals surface area contributed by atoms with Crippen LogP contribution in [-0.2, 0) is 4.74 Å². The highest BCUT2D eigenvalue weighted by atomic mass is 32.1. The molecule has 0 saturated carbocycles. The van der Waals surface area contributed by atoms with Crippen molar-refractivity contribution in [2.45, 2.75) is 44.4 Å². The van der Waals surface area contributed by atoms with E-state index in [1.807, 2.05) is 11.3 Å². The standard InChI is InChI=1S/C17H21NOS/c1-2-18-16(14-10-12-6-7-15(14)19-12)13-5-3-4-11-8-9-20-17(11)13/h3-5,8-9,12,14-16,18H,2,6-7,10H2,1H3. The van der Waals surface area contributed by atoms with Crippen molar-refractivity contribution in [1.29, 1.82) is 0 Å². The second-order valence-corrected chi connectivity index (χ2v) is 6.91. The van der Waals surface area contributed by atoms with Crippen molar-refractivity contribution in [3.8, 4) is 0 Å². The lowest BCUT2D eigenvalue weighted by Crippen LogP contribution is -2.33. The lowest BCUT2D eigenvalue weighted by atomic mass is 9.81. The van der Waals surface area contributed by atoms with Crippen molar-refractivity contribution in [2.24, 2.45) is 5.92 Å². The summed E-state index contributed by atoms with van der Waals surface area (Å²) in [5, 5.41) is 7.31. The van der Waals surface area contributed by atoms with Gasteiger partial charge in [0.25, 0.3) is 0 Å². The van der Waals surface area contributed by atoms with Gasteiger partial charge in [0, 0.05) is 16.7 Å². The molecule has 2 aliphatic rings. The summed E-state index contributed by atoms with van der Waals surface area (Å²) in [5.74, 6) is 0.640. The van der Waals surface area contributed by atoms with E-state index in [0.717, 1.165) is 6.54 Å². The van der Waals surface area contributed by atoms with Crippen LogP contribution in [0.5, 0.6) is 0 Å². The van der Waals surface area contributed by atoms with E-state index in [1.54, 1.807) is 0 Å². The second kappa shape index (κ2) is 5.14. The number of hydrogen-bond acceptors (Lipinski definition) is 3. The van der Waals surface area contributed by atoms with E-state index in [-0.39, 0.29) is 0 Å². The molecule has 4 rings (SSSR count). The summed E-state index contributed by atoms with van der Waals surface area (Å²) in [5.41, 5.74) is 1.47. The van der Waals surface area contributed by atoms with Crippen molar-refractivity contribution < 1.29 is 4.74 Å². The van der Waals surface area contributed by atoms with Gasteiger partial charge >= 0.3 is 0 Å². The fourth-order valence-electron chi connectivity index (χ4n) is 4.00. The van der Waals surface area contributed by atoms with E-state index in [4.69, 9.17) is 4.74 Å². The fraction of sp³-hybridized carbons (Fsp3) is 0.529. The van der Waals surface area contributed by atoms with Crippen LogP contribution in [-0.4, -0.2) is 18.8 Å². The Balaban J connectivity index is 1.73. The first-order valence-corrected chi connectivity index (χ1v) is 8.59. The van der Waals surface area contributed by atoms with Crippen LogP contribution in [0, 0.1) is 5.92 Å². The largest absolute Gasteiger partial charge is 0.375 e. The molecule has 2 aliphatic heterocycles. The molecule has 2 nitrogen and oxygen atoms in total. The quantitative estimate of drug-likeness (QED) is 0.913. The van der Waals surface area contributed by atoms with Gasteiger partial charge < -0.3 is 10.1 Å². The molecule has 1 N–H and O–H groups in total. The summed E-state index contributed by atoms with van der Waals surface area (Å²) in [4.78, 5) is 0. The third-order valence-electron chi connectivity index (χ3n) is 4.85. The molecule has 4 atom stereocenters. The predicted octanol–water partition coefficient (Wildman–Crippen LogP) is 4.12. The molecule has 3 heteroatoms. The maximum atomic E-state index is 6.09. The third kappa shape index (κ3) is 2.00. The van der Waals surface area contributed by atoms with Crippen LogP contribution < -0.4 is 5.32 Å². The first-order valence-electron chi connectivity index (χ1n) is 7.71. The van der Waals surface area contributed by atoms with E-state index >= 15 is 0 Å². The molecule has 0 radical (unpaired) electrons. The van der Waals surface area contributed by atoms with Crippen molar-refractivity contribution in [3.63, 3.8) is 0 Å². The Kier molecular flexibility index (Phi) is 3.29. The van der Waals surface area contributed by atoms with Crippen LogP contribution in [0.2, 0.25) is 0 Å². The molecule has 2 bridgehead atoms. The van der Waals surface area contributed by atoms with Crippen LogP contribution in [0.4, 0.5) is 0 Å². The lowest BCUT2D eigenvalue weighted by molar-refractivity contribution is 0.0859. The van der Waals surface area contributed by atoms with Crippen molar-refractivity contribution in [1.82, 2.24) is 5.32 Å². The average Bonchev–Trinajstić information content (AvgIpc) is 3.19. The lowest BCUT2D eigenvalue weighted by Gasteiger charge is -2.30. The van der Waals surface area contributed by atoms with E-state index in [9.17, 15) is 0 Å². The SMILES string of the molecule is CCNC(c1cccc2ccsc12)C1CC2CCC1O2. The molecule has 1 aromatic heterocycles. The molecule has 1 aromatic carbocycles. The summed E-state index contributed by atoms with van der Waals surface area (Å²) >= 11 is 1.87. The highest BCUT2D eigenvalue weighted by Crippen LogP contribution is 2.46. The Morgan fingerprint density at radius 2 is 2.30 bits per heavy atom. The first-order chi connectivity index (χ1) is 9.86. The zero-order chi connectivity index (χ0) is 13.5. The Morgan fingerprint density at radius 3 is 3.05 bits per heavy atom. The van der Waals surface area contributed by atoms with E-state index in [1.165, 1.54) is 34.9 Å². The molecule has 2 saturated heterocycles. The smallest absolute Gasteiger partial charge is 0.0627 e. The third-order valence-corrected chi connectivity index (χ3v) is 5.83. The molecule has 2 fully saturated rings. The summed E-state index contributed by atoms with van der Waals surface area (Å²) < 4.78 is 7.54. The highest BCUT2D eigenvalue weighted by Gasteiger charge is 2.44. The zero-order valence-corrected chi connectivity index (χ0v) is 12.7. The van der Waals surface area contributed by atoms with E-state index in [0.29, 0.717) is 24.2 Å². The van der Waals surface area contributed by atoms with Crippen LogP contribution in [0.25, 0.3) is 10.1 Å². The maximum Gasteiger partial charge on any atom is 0.0627 e. The van der Waals surface area contributed by atoms with Crippen molar-refractivity contribution in [3.05, 3.63) is 35.2 Å². The molecule has 4 unspecified atom stereocenters. The molecule has 0 amide bonds. The zero-order valence-electron chi connectivity index (χ0n) is 11.8. The molecule has 2 aromatic rings. The second-order valence-electron chi connectivity index (χ2n) is 5.99. The highest BCUT2D eigenvalue weighted by molar-refractivity contribution is 7.17. The predicted molar refractivity (Wildman–Crippen MR) is 84.2 cm³/mol. The van der Waals surface area contributed by atoms with Gasteiger partial charge in [-0.2, -0.15) is 0 Å². The minimum Gasteiger partial charge on any atom is -0.375 e. The number of nitrogens with one attached hydrogen (secondary N) is 1. The van der Waals surface area contributed by atoms with Crippen LogP contribution in [0.1, 0.15) is 37.8 Å². The van der Waals surface area contributed by atoms with E-state index in [2.05, 4.69) is 41.9 Å². The number of hydrogen-bond donors (Lipinski definition) is 1. The van der Waals surface area contributed by atoms with Gasteiger partial charge in [0.05, 0.1) is 12.2 Å². The van der Waals surface area contributed by atoms with Crippen LogP contribution >= 0.6 is 11.3 Å². The van der Waals surface area contributed by atoms with Crippen molar-refractivity contribution in [2.75, 3.05) is 6.54 Å². The molecule has 20 heavy (non-hydrogen) atoms. The van der Waals surface area contributed by atoms with Gasteiger partial charge in [-0.15, -0.1) is 11.3 Å². The number of benzene rings is 1. The van der Waals surface area contributed by atoms with Gasteiger partial charge in [0.2, 0.25) is 0 Å². The van der Waals surface area contributed by atoms with Gasteiger partial charge in [-0.05, 0) is 48.2 Å². The van der Waals surface area contributed by atoms with E-state index < -0.39 is 0 Å². The number of thiophene rings is 1. The minimum atomic E-state index is 0.442. The molecular formula is C17H21NOS. The Bertz CT molecular complexity index is 608. The summed E-state index contributed by atoms with van der Waals surface area (Å²) in [7, 11) is 0. The molecule has 3 heterocycles. The number of fused-ring (bicyclic) bond motifs is 3. The monoisotopic (exact) mass is 287 g/mol. The van der Waals surface area contributed by atoms with Gasteiger partial charge in [-0.1, -0.05) is 25.1 Å². The van der Waals surface area contributed by atoms with Crippen molar-refractivity contribution >= 4 is 21.4 Å². The van der Waals surface area contributed by atoms with Crippen LogP contribution in [0.3, 0.4) is 0 Å². The molecular weight excluding hydrogens is 266 g/mol. The summed E-state index contributed by atoms with van der Waals surface area (Å²) in [6, 6.07) is 9.39. The van der Waals surface area contributed by atoms with Gasteiger partial charge in [-0.3, -0.25) is 0 Å². The topological polar surface area (TPSA) is 21.3 Å². The molecule has 106 valence electrons. The number of ether oxygens (including phenoxy) is 1. The van der Waals surface area contributed by atoms with Gasteiger partial charge in [0.1, 0.15) is 0 Å². The fourth-order valence-corrected chi connectivity index (χ4v) is 4.95.